The van der Waals surface area contributed by atoms with Gasteiger partial charge in [-0.05, 0) is 43.0 Å². The molecule has 2 rings (SSSR count). The molecule has 6 nitrogen and oxygen atoms in total. The summed E-state index contributed by atoms with van der Waals surface area (Å²) < 4.78 is 5.21. The Kier molecular flexibility index (Phi) is 5.52. The molecule has 0 atom stereocenters. The first-order chi connectivity index (χ1) is 11.4. The summed E-state index contributed by atoms with van der Waals surface area (Å²) in [7, 11) is 1.62. The first-order valence-corrected chi connectivity index (χ1v) is 7.59. The lowest BCUT2D eigenvalue weighted by molar-refractivity contribution is -0.384. The molecule has 0 aliphatic rings. The number of methoxy groups -OCH3 is 1. The molecule has 126 valence electrons. The number of ether oxygens (including phenoxy) is 1. The summed E-state index contributed by atoms with van der Waals surface area (Å²) in [5, 5.41) is 13.6. The quantitative estimate of drug-likeness (QED) is 0.646. The molecule has 1 amide bonds. The van der Waals surface area contributed by atoms with Gasteiger partial charge in [0.15, 0.2) is 0 Å². The Bertz CT molecular complexity index is 772. The molecule has 0 bridgehead atoms. The monoisotopic (exact) mass is 328 g/mol. The summed E-state index contributed by atoms with van der Waals surface area (Å²) in [5.74, 6) is 0.641. The topological polar surface area (TPSA) is 81.5 Å². The van der Waals surface area contributed by atoms with Gasteiger partial charge >= 0.3 is 0 Å². The van der Waals surface area contributed by atoms with E-state index in [1.807, 2.05) is 25.1 Å². The molecule has 6 heteroatoms. The van der Waals surface area contributed by atoms with Crippen LogP contribution in [0.15, 0.2) is 36.4 Å². The van der Waals surface area contributed by atoms with Crippen LogP contribution in [0.4, 0.5) is 11.4 Å². The molecule has 24 heavy (non-hydrogen) atoms. The highest BCUT2D eigenvalue weighted by atomic mass is 16.6. The van der Waals surface area contributed by atoms with Crippen LogP contribution in [0.2, 0.25) is 0 Å². The van der Waals surface area contributed by atoms with E-state index in [1.165, 1.54) is 12.1 Å². The van der Waals surface area contributed by atoms with Gasteiger partial charge in [-0.2, -0.15) is 0 Å². The number of carbonyl (C=O) groups excluding carboxylic acids is 1. The van der Waals surface area contributed by atoms with Crippen molar-refractivity contribution in [1.29, 1.82) is 0 Å². The number of non-ortho nitro benzene ring substituents is 1. The number of aryl methyl sites for hydroxylation is 3. The second-order valence-corrected chi connectivity index (χ2v) is 5.61. The standard InChI is InChI=1S/C18H20N2O4/c1-12-4-7-15(20(22)23)11-16(12)19-18(21)9-6-14-5-8-17(24-3)13(2)10-14/h4-5,7-8,10-11H,6,9H2,1-3H3,(H,19,21). The van der Waals surface area contributed by atoms with E-state index in [-0.39, 0.29) is 11.6 Å². The number of hydrogen-bond donors (Lipinski definition) is 1. The van der Waals surface area contributed by atoms with Gasteiger partial charge in [-0.1, -0.05) is 18.2 Å². The summed E-state index contributed by atoms with van der Waals surface area (Å²) in [6.45, 7) is 3.75. The molecule has 0 radical (unpaired) electrons. The van der Waals surface area contributed by atoms with Gasteiger partial charge in [-0.15, -0.1) is 0 Å². The van der Waals surface area contributed by atoms with Gasteiger partial charge in [0.25, 0.3) is 5.69 Å². The zero-order valence-corrected chi connectivity index (χ0v) is 14.0. The van der Waals surface area contributed by atoms with Crippen molar-refractivity contribution in [2.24, 2.45) is 0 Å². The lowest BCUT2D eigenvalue weighted by Crippen LogP contribution is -2.13. The molecular formula is C18H20N2O4. The molecule has 0 aliphatic heterocycles. The van der Waals surface area contributed by atoms with Gasteiger partial charge in [-0.25, -0.2) is 0 Å². The number of carbonyl (C=O) groups is 1. The first kappa shape index (κ1) is 17.5. The normalized spacial score (nSPS) is 10.3. The molecule has 2 aromatic rings. The second kappa shape index (κ2) is 7.59. The number of nitrogens with zero attached hydrogens (tertiary/aromatic N) is 1. The van der Waals surface area contributed by atoms with Crippen LogP contribution < -0.4 is 10.1 Å². The Labute approximate surface area is 140 Å². The third kappa shape index (κ3) is 4.32. The van der Waals surface area contributed by atoms with Crippen LogP contribution in [0.25, 0.3) is 0 Å². The van der Waals surface area contributed by atoms with Crippen molar-refractivity contribution >= 4 is 17.3 Å². The molecule has 1 N–H and O–H groups in total. The molecule has 0 unspecified atom stereocenters. The molecule has 0 aliphatic carbocycles. The Morgan fingerprint density at radius 2 is 1.92 bits per heavy atom. The van der Waals surface area contributed by atoms with Crippen LogP contribution in [0.1, 0.15) is 23.1 Å². The minimum absolute atomic E-state index is 0.0401. The highest BCUT2D eigenvalue weighted by molar-refractivity contribution is 5.92. The molecule has 0 aromatic heterocycles. The van der Waals surface area contributed by atoms with Gasteiger partial charge in [0.2, 0.25) is 5.91 Å². The highest BCUT2D eigenvalue weighted by Crippen LogP contribution is 2.23. The minimum atomic E-state index is -0.477. The summed E-state index contributed by atoms with van der Waals surface area (Å²) in [4.78, 5) is 22.5. The summed E-state index contributed by atoms with van der Waals surface area (Å²) >= 11 is 0. The van der Waals surface area contributed by atoms with Gasteiger partial charge in [0.05, 0.1) is 17.7 Å². The molecule has 0 heterocycles. The second-order valence-electron chi connectivity index (χ2n) is 5.61. The summed E-state index contributed by atoms with van der Waals surface area (Å²) in [6.07, 6.45) is 0.887. The minimum Gasteiger partial charge on any atom is -0.496 e. The number of amides is 1. The van der Waals surface area contributed by atoms with Crippen LogP contribution in [0.5, 0.6) is 5.75 Å². The van der Waals surface area contributed by atoms with Crippen molar-refractivity contribution < 1.29 is 14.5 Å². The molecule has 0 saturated carbocycles. The van der Waals surface area contributed by atoms with Gasteiger partial charge in [-0.3, -0.25) is 14.9 Å². The van der Waals surface area contributed by atoms with Crippen LogP contribution in [0.3, 0.4) is 0 Å². The maximum absolute atomic E-state index is 12.1. The zero-order chi connectivity index (χ0) is 17.7. The Morgan fingerprint density at radius 3 is 2.54 bits per heavy atom. The van der Waals surface area contributed by atoms with E-state index in [9.17, 15) is 14.9 Å². The van der Waals surface area contributed by atoms with Crippen molar-refractivity contribution in [2.75, 3.05) is 12.4 Å². The SMILES string of the molecule is COc1ccc(CCC(=O)Nc2cc([N+](=O)[O-])ccc2C)cc1C. The summed E-state index contributed by atoms with van der Waals surface area (Å²) in [5.41, 5.74) is 3.28. The third-order valence-corrected chi connectivity index (χ3v) is 3.81. The van der Waals surface area contributed by atoms with E-state index in [4.69, 9.17) is 4.74 Å². The highest BCUT2D eigenvalue weighted by Gasteiger charge is 2.11. The predicted molar refractivity (Wildman–Crippen MR) is 92.5 cm³/mol. The largest absolute Gasteiger partial charge is 0.496 e. The third-order valence-electron chi connectivity index (χ3n) is 3.81. The molecule has 0 spiro atoms. The number of anilines is 1. The van der Waals surface area contributed by atoms with Gasteiger partial charge in [0.1, 0.15) is 5.75 Å². The van der Waals surface area contributed by atoms with Crippen LogP contribution in [0, 0.1) is 24.0 Å². The smallest absolute Gasteiger partial charge is 0.271 e. The fourth-order valence-corrected chi connectivity index (χ4v) is 2.42. The number of hydrogen-bond acceptors (Lipinski definition) is 4. The van der Waals surface area contributed by atoms with E-state index in [2.05, 4.69) is 5.32 Å². The van der Waals surface area contributed by atoms with E-state index < -0.39 is 4.92 Å². The lowest BCUT2D eigenvalue weighted by atomic mass is 10.1. The van der Waals surface area contributed by atoms with Crippen molar-refractivity contribution in [3.63, 3.8) is 0 Å². The maximum Gasteiger partial charge on any atom is 0.271 e. The fraction of sp³-hybridized carbons (Fsp3) is 0.278. The van der Waals surface area contributed by atoms with Crippen LogP contribution in [-0.2, 0) is 11.2 Å². The zero-order valence-electron chi connectivity index (χ0n) is 14.0. The van der Waals surface area contributed by atoms with Crippen molar-refractivity contribution in [3.05, 3.63) is 63.2 Å². The van der Waals surface area contributed by atoms with E-state index >= 15 is 0 Å². The average Bonchev–Trinajstić information content (AvgIpc) is 2.55. The van der Waals surface area contributed by atoms with E-state index in [0.29, 0.717) is 18.5 Å². The molecular weight excluding hydrogens is 308 g/mol. The fourth-order valence-electron chi connectivity index (χ4n) is 2.42. The van der Waals surface area contributed by atoms with Gasteiger partial charge < -0.3 is 10.1 Å². The number of benzene rings is 2. The van der Waals surface area contributed by atoms with E-state index in [0.717, 1.165) is 22.4 Å². The van der Waals surface area contributed by atoms with Gasteiger partial charge in [0, 0.05) is 18.6 Å². The lowest BCUT2D eigenvalue weighted by Gasteiger charge is -2.09. The molecule has 0 fully saturated rings. The average molecular weight is 328 g/mol. The van der Waals surface area contributed by atoms with Crippen molar-refractivity contribution in [1.82, 2.24) is 0 Å². The van der Waals surface area contributed by atoms with E-state index in [1.54, 1.807) is 20.1 Å². The molecule has 0 saturated heterocycles. The predicted octanol–water partition coefficient (Wildman–Crippen LogP) is 3.79. The number of nitrogens with one attached hydrogen (secondary N) is 1. The first-order valence-electron chi connectivity index (χ1n) is 7.59. The number of nitro groups is 1. The molecule has 2 aromatic carbocycles. The Hall–Kier alpha value is -2.89. The van der Waals surface area contributed by atoms with Crippen molar-refractivity contribution in [2.45, 2.75) is 26.7 Å². The number of nitro benzene ring substituents is 1. The number of rotatable bonds is 6. The Morgan fingerprint density at radius 1 is 1.17 bits per heavy atom. The Balaban J connectivity index is 2.00. The van der Waals surface area contributed by atoms with Crippen LogP contribution >= 0.6 is 0 Å². The van der Waals surface area contributed by atoms with Crippen molar-refractivity contribution in [3.8, 4) is 5.75 Å². The summed E-state index contributed by atoms with van der Waals surface area (Å²) in [6, 6.07) is 10.2. The van der Waals surface area contributed by atoms with Crippen LogP contribution in [-0.4, -0.2) is 17.9 Å². The maximum atomic E-state index is 12.1.